The lowest BCUT2D eigenvalue weighted by molar-refractivity contribution is 0.479. The third-order valence-electron chi connectivity index (χ3n) is 2.46. The van der Waals surface area contributed by atoms with Crippen LogP contribution >= 0.6 is 39.1 Å². The lowest BCUT2D eigenvalue weighted by Gasteiger charge is -2.10. The Kier molecular flexibility index (Phi) is 4.55. The maximum atomic E-state index is 6.10. The van der Waals surface area contributed by atoms with Gasteiger partial charge in [-0.15, -0.1) is 11.6 Å². The van der Waals surface area contributed by atoms with Crippen LogP contribution in [0.3, 0.4) is 0 Å². The largest absolute Gasteiger partial charge is 0.455 e. The fraction of sp³-hybridized carbons (Fsp3) is 0.143. The molecule has 0 fully saturated rings. The van der Waals surface area contributed by atoms with Crippen LogP contribution in [0.5, 0.6) is 11.5 Å². The zero-order chi connectivity index (χ0) is 13.1. The van der Waals surface area contributed by atoms with E-state index in [0.29, 0.717) is 16.7 Å². The molecule has 2 aromatic carbocycles. The molecule has 0 radical (unpaired) electrons. The monoisotopic (exact) mass is 344 g/mol. The van der Waals surface area contributed by atoms with E-state index in [1.54, 1.807) is 0 Å². The summed E-state index contributed by atoms with van der Waals surface area (Å²) in [5, 5.41) is 0.592. The van der Waals surface area contributed by atoms with Crippen LogP contribution in [-0.2, 0) is 5.88 Å². The fourth-order valence-corrected chi connectivity index (χ4v) is 2.35. The molecule has 0 N–H and O–H groups in total. The first kappa shape index (κ1) is 13.7. The van der Waals surface area contributed by atoms with Crippen molar-refractivity contribution in [2.75, 3.05) is 0 Å². The predicted octanol–water partition coefficient (Wildman–Crippen LogP) is 5.94. The molecule has 18 heavy (non-hydrogen) atoms. The average molecular weight is 346 g/mol. The van der Waals surface area contributed by atoms with Gasteiger partial charge in [0.15, 0.2) is 0 Å². The number of alkyl halides is 1. The number of hydrogen-bond acceptors (Lipinski definition) is 1. The molecule has 0 aliphatic carbocycles. The highest BCUT2D eigenvalue weighted by molar-refractivity contribution is 9.10. The van der Waals surface area contributed by atoms with Gasteiger partial charge in [0.25, 0.3) is 0 Å². The van der Waals surface area contributed by atoms with Gasteiger partial charge in [-0.1, -0.05) is 23.7 Å². The van der Waals surface area contributed by atoms with Crippen molar-refractivity contribution >= 4 is 39.1 Å². The van der Waals surface area contributed by atoms with Crippen molar-refractivity contribution < 1.29 is 4.74 Å². The normalized spacial score (nSPS) is 10.4. The van der Waals surface area contributed by atoms with Crippen molar-refractivity contribution in [3.63, 3.8) is 0 Å². The van der Waals surface area contributed by atoms with E-state index in [9.17, 15) is 0 Å². The van der Waals surface area contributed by atoms with Crippen LogP contribution in [-0.4, -0.2) is 0 Å². The van der Waals surface area contributed by atoms with Crippen molar-refractivity contribution in [2.24, 2.45) is 0 Å². The molecule has 0 aromatic heterocycles. The molecule has 0 aliphatic rings. The van der Waals surface area contributed by atoms with Gasteiger partial charge in [0, 0.05) is 5.88 Å². The van der Waals surface area contributed by atoms with Gasteiger partial charge in [-0.25, -0.2) is 0 Å². The standard InChI is InChI=1S/C14H11BrCl2O/c1-9-2-4-12(17)14(6-9)18-13-5-3-10(8-16)7-11(13)15/h2-7H,8H2,1H3. The van der Waals surface area contributed by atoms with E-state index in [1.807, 2.05) is 43.3 Å². The van der Waals surface area contributed by atoms with Crippen LogP contribution < -0.4 is 4.74 Å². The highest BCUT2D eigenvalue weighted by Gasteiger charge is 2.07. The molecular formula is C14H11BrCl2O. The molecule has 2 rings (SSSR count). The van der Waals surface area contributed by atoms with E-state index in [0.717, 1.165) is 21.3 Å². The molecule has 0 bridgehead atoms. The summed E-state index contributed by atoms with van der Waals surface area (Å²) in [6, 6.07) is 11.4. The molecule has 0 saturated carbocycles. The third-order valence-corrected chi connectivity index (χ3v) is 3.70. The second-order valence-electron chi connectivity index (χ2n) is 3.93. The molecule has 0 atom stereocenters. The Morgan fingerprint density at radius 1 is 1.11 bits per heavy atom. The molecule has 1 nitrogen and oxygen atoms in total. The summed E-state index contributed by atoms with van der Waals surface area (Å²) in [4.78, 5) is 0. The molecular weight excluding hydrogens is 335 g/mol. The summed E-state index contributed by atoms with van der Waals surface area (Å²) in [7, 11) is 0. The van der Waals surface area contributed by atoms with E-state index in [1.165, 1.54) is 0 Å². The lowest BCUT2D eigenvalue weighted by Crippen LogP contribution is -1.88. The number of halogens is 3. The SMILES string of the molecule is Cc1ccc(Cl)c(Oc2ccc(CCl)cc2Br)c1. The second-order valence-corrected chi connectivity index (χ2v) is 5.46. The highest BCUT2D eigenvalue weighted by Crippen LogP contribution is 2.34. The number of aryl methyl sites for hydroxylation is 1. The summed E-state index contributed by atoms with van der Waals surface area (Å²) >= 11 is 15.3. The van der Waals surface area contributed by atoms with Gasteiger partial charge < -0.3 is 4.74 Å². The number of rotatable bonds is 3. The summed E-state index contributed by atoms with van der Waals surface area (Å²) in [6.07, 6.45) is 0. The summed E-state index contributed by atoms with van der Waals surface area (Å²) in [5.41, 5.74) is 2.13. The van der Waals surface area contributed by atoms with E-state index >= 15 is 0 Å². The number of ether oxygens (including phenoxy) is 1. The molecule has 4 heteroatoms. The first-order chi connectivity index (χ1) is 8.60. The molecule has 0 spiro atoms. The minimum absolute atomic E-state index is 0.476. The van der Waals surface area contributed by atoms with Gasteiger partial charge in [0.1, 0.15) is 11.5 Å². The average Bonchev–Trinajstić information content (AvgIpc) is 2.36. The Balaban J connectivity index is 2.31. The van der Waals surface area contributed by atoms with Crippen LogP contribution in [0.25, 0.3) is 0 Å². The van der Waals surface area contributed by atoms with Crippen LogP contribution in [0, 0.1) is 6.92 Å². The van der Waals surface area contributed by atoms with Gasteiger partial charge >= 0.3 is 0 Å². The second kappa shape index (κ2) is 5.96. The van der Waals surface area contributed by atoms with Crippen LogP contribution in [0.15, 0.2) is 40.9 Å². The molecule has 0 unspecified atom stereocenters. The smallest absolute Gasteiger partial charge is 0.146 e. The van der Waals surface area contributed by atoms with E-state index in [-0.39, 0.29) is 0 Å². The lowest BCUT2D eigenvalue weighted by atomic mass is 10.2. The van der Waals surface area contributed by atoms with Crippen molar-refractivity contribution in [3.05, 3.63) is 57.0 Å². The van der Waals surface area contributed by atoms with Crippen LogP contribution in [0.1, 0.15) is 11.1 Å². The van der Waals surface area contributed by atoms with Crippen LogP contribution in [0.4, 0.5) is 0 Å². The first-order valence-electron chi connectivity index (χ1n) is 5.38. The number of benzene rings is 2. The molecule has 0 heterocycles. The fourth-order valence-electron chi connectivity index (χ4n) is 1.52. The molecule has 0 saturated heterocycles. The minimum atomic E-state index is 0.476. The van der Waals surface area contributed by atoms with Crippen molar-refractivity contribution in [1.82, 2.24) is 0 Å². The van der Waals surface area contributed by atoms with Gasteiger partial charge in [-0.05, 0) is 58.2 Å². The van der Waals surface area contributed by atoms with Gasteiger partial charge in [0.05, 0.1) is 9.50 Å². The summed E-state index contributed by atoms with van der Waals surface area (Å²) < 4.78 is 6.66. The van der Waals surface area contributed by atoms with Gasteiger partial charge in [0.2, 0.25) is 0 Å². The van der Waals surface area contributed by atoms with Gasteiger partial charge in [-0.2, -0.15) is 0 Å². The third kappa shape index (κ3) is 3.19. The minimum Gasteiger partial charge on any atom is -0.455 e. The van der Waals surface area contributed by atoms with E-state index < -0.39 is 0 Å². The maximum Gasteiger partial charge on any atom is 0.146 e. The Morgan fingerprint density at radius 2 is 1.89 bits per heavy atom. The van der Waals surface area contributed by atoms with E-state index in [4.69, 9.17) is 27.9 Å². The Labute approximate surface area is 125 Å². The zero-order valence-electron chi connectivity index (χ0n) is 9.71. The Bertz CT molecular complexity index is 570. The molecule has 0 aliphatic heterocycles. The van der Waals surface area contributed by atoms with Crippen LogP contribution in [0.2, 0.25) is 5.02 Å². The quantitative estimate of drug-likeness (QED) is 0.625. The first-order valence-corrected chi connectivity index (χ1v) is 7.09. The number of hydrogen-bond donors (Lipinski definition) is 0. The Hall–Kier alpha value is -0.700. The zero-order valence-corrected chi connectivity index (χ0v) is 12.8. The highest BCUT2D eigenvalue weighted by atomic mass is 79.9. The molecule has 94 valence electrons. The molecule has 0 amide bonds. The Morgan fingerprint density at radius 3 is 2.56 bits per heavy atom. The maximum absolute atomic E-state index is 6.10. The predicted molar refractivity (Wildman–Crippen MR) is 80.0 cm³/mol. The van der Waals surface area contributed by atoms with Crippen molar-refractivity contribution in [2.45, 2.75) is 12.8 Å². The van der Waals surface area contributed by atoms with E-state index in [2.05, 4.69) is 15.9 Å². The summed E-state index contributed by atoms with van der Waals surface area (Å²) in [5.74, 6) is 1.84. The summed E-state index contributed by atoms with van der Waals surface area (Å²) in [6.45, 7) is 1.99. The van der Waals surface area contributed by atoms with Crippen molar-refractivity contribution in [1.29, 1.82) is 0 Å². The van der Waals surface area contributed by atoms with Gasteiger partial charge in [-0.3, -0.25) is 0 Å². The topological polar surface area (TPSA) is 9.23 Å². The molecule has 2 aromatic rings. The van der Waals surface area contributed by atoms with Crippen molar-refractivity contribution in [3.8, 4) is 11.5 Å².